The highest BCUT2D eigenvalue weighted by Crippen LogP contribution is 2.36. The monoisotopic (exact) mass is 330 g/mol. The third-order valence-electron chi connectivity index (χ3n) is 4.53. The highest BCUT2D eigenvalue weighted by Gasteiger charge is 2.42. The van der Waals surface area contributed by atoms with E-state index in [1.165, 1.54) is 7.11 Å². The number of hydrogen-bond donors (Lipinski definition) is 1. The van der Waals surface area contributed by atoms with Gasteiger partial charge in [0.05, 0.1) is 12.7 Å². The summed E-state index contributed by atoms with van der Waals surface area (Å²) in [5, 5.41) is 12.1. The second-order valence-electron chi connectivity index (χ2n) is 6.53. The zero-order chi connectivity index (χ0) is 17.6. The van der Waals surface area contributed by atoms with E-state index in [2.05, 4.69) is 18.3 Å². The molecule has 0 saturated heterocycles. The summed E-state index contributed by atoms with van der Waals surface area (Å²) in [5.74, 6) is 0.849. The fourth-order valence-corrected chi connectivity index (χ4v) is 3.32. The van der Waals surface area contributed by atoms with Gasteiger partial charge in [0.2, 0.25) is 0 Å². The number of hydrogen-bond acceptors (Lipinski definition) is 4. The molecule has 2 atom stereocenters. The van der Waals surface area contributed by atoms with Gasteiger partial charge in [0, 0.05) is 12.3 Å². The van der Waals surface area contributed by atoms with E-state index in [1.54, 1.807) is 18.2 Å². The number of rotatable bonds is 6. The summed E-state index contributed by atoms with van der Waals surface area (Å²) in [7, 11) is 1.52. The normalized spacial score (nSPS) is 23.3. The van der Waals surface area contributed by atoms with Gasteiger partial charge in [0.1, 0.15) is 17.4 Å². The lowest BCUT2D eigenvalue weighted by atomic mass is 9.78. The Bertz CT molecular complexity index is 624. The molecule has 1 N–H and O–H groups in total. The quantitative estimate of drug-likeness (QED) is 0.859. The highest BCUT2D eigenvalue weighted by molar-refractivity contribution is 5.97. The van der Waals surface area contributed by atoms with E-state index in [0.29, 0.717) is 29.5 Å². The summed E-state index contributed by atoms with van der Waals surface area (Å²) in [4.78, 5) is 12.9. The molecule has 5 nitrogen and oxygen atoms in total. The molecule has 1 aliphatic rings. The first-order valence-corrected chi connectivity index (χ1v) is 8.58. The lowest BCUT2D eigenvalue weighted by molar-refractivity contribution is -0.148. The van der Waals surface area contributed by atoms with E-state index in [4.69, 9.17) is 9.47 Å². The first-order chi connectivity index (χ1) is 11.5. The summed E-state index contributed by atoms with van der Waals surface area (Å²) in [6.45, 7) is 4.78. The van der Waals surface area contributed by atoms with Crippen LogP contribution in [0, 0.1) is 17.2 Å². The molecule has 1 aromatic carbocycles. The van der Waals surface area contributed by atoms with Crippen LogP contribution in [0.1, 0.15) is 51.5 Å². The average molecular weight is 330 g/mol. The van der Waals surface area contributed by atoms with Crippen molar-refractivity contribution < 1.29 is 14.3 Å². The predicted octanol–water partition coefficient (Wildman–Crippen LogP) is 3.88. The molecule has 2 rings (SSSR count). The van der Waals surface area contributed by atoms with Gasteiger partial charge in [-0.3, -0.25) is 4.79 Å². The molecular weight excluding hydrogens is 304 g/mol. The molecule has 1 amide bonds. The summed E-state index contributed by atoms with van der Waals surface area (Å²) in [6, 6.07) is 7.16. The standard InChI is InChI=1S/C19H26N2O3/c1-4-10-24-19(9-5-6-14(2)12-19)18(22)21-16-7-8-17(23-3)15(11-16)13-20/h7-8,11,14H,4-6,9-10,12H2,1-3H3,(H,21,22)/t14-,19+/m0/s1. The van der Waals surface area contributed by atoms with Gasteiger partial charge in [-0.05, 0) is 49.8 Å². The zero-order valence-electron chi connectivity index (χ0n) is 14.7. The second kappa shape index (κ2) is 8.16. The van der Waals surface area contributed by atoms with Crippen LogP contribution in [0.25, 0.3) is 0 Å². The number of carbonyl (C=O) groups is 1. The van der Waals surface area contributed by atoms with Crippen LogP contribution in [-0.4, -0.2) is 25.2 Å². The number of nitriles is 1. The second-order valence-corrected chi connectivity index (χ2v) is 6.53. The molecule has 130 valence electrons. The van der Waals surface area contributed by atoms with Crippen LogP contribution in [0.4, 0.5) is 5.69 Å². The first-order valence-electron chi connectivity index (χ1n) is 8.58. The van der Waals surface area contributed by atoms with Crippen molar-refractivity contribution >= 4 is 11.6 Å². The maximum Gasteiger partial charge on any atom is 0.256 e. The summed E-state index contributed by atoms with van der Waals surface area (Å²) in [5.41, 5.74) is 0.228. The predicted molar refractivity (Wildman–Crippen MR) is 92.9 cm³/mol. The van der Waals surface area contributed by atoms with Gasteiger partial charge < -0.3 is 14.8 Å². The molecule has 0 heterocycles. The Morgan fingerprint density at radius 2 is 2.29 bits per heavy atom. The Kier molecular flexibility index (Phi) is 6.22. The van der Waals surface area contributed by atoms with E-state index >= 15 is 0 Å². The Labute approximate surface area is 144 Å². The molecule has 0 spiro atoms. The number of benzene rings is 1. The topological polar surface area (TPSA) is 71.3 Å². The molecule has 24 heavy (non-hydrogen) atoms. The van der Waals surface area contributed by atoms with E-state index < -0.39 is 5.60 Å². The Balaban J connectivity index is 2.20. The molecule has 5 heteroatoms. The van der Waals surface area contributed by atoms with E-state index in [1.807, 2.05) is 6.92 Å². The summed E-state index contributed by atoms with van der Waals surface area (Å²) in [6.07, 6.45) is 4.48. The zero-order valence-corrected chi connectivity index (χ0v) is 14.7. The lowest BCUT2D eigenvalue weighted by Crippen LogP contribution is -2.48. The van der Waals surface area contributed by atoms with Crippen LogP contribution in [0.3, 0.4) is 0 Å². The van der Waals surface area contributed by atoms with Crippen LogP contribution in [0.2, 0.25) is 0 Å². The van der Waals surface area contributed by atoms with Crippen molar-refractivity contribution in [3.63, 3.8) is 0 Å². The van der Waals surface area contributed by atoms with Gasteiger partial charge in [-0.1, -0.05) is 20.3 Å². The van der Waals surface area contributed by atoms with Gasteiger partial charge in [0.15, 0.2) is 0 Å². The molecule has 1 saturated carbocycles. The highest BCUT2D eigenvalue weighted by atomic mass is 16.5. The third kappa shape index (κ3) is 4.07. The van der Waals surface area contributed by atoms with Crippen molar-refractivity contribution in [1.29, 1.82) is 5.26 Å². The number of nitrogens with one attached hydrogen (secondary N) is 1. The molecule has 0 unspecified atom stereocenters. The van der Waals surface area contributed by atoms with Crippen molar-refractivity contribution in [2.45, 2.75) is 51.6 Å². The van der Waals surface area contributed by atoms with Crippen molar-refractivity contribution in [2.75, 3.05) is 19.0 Å². The molecule has 1 aliphatic carbocycles. The molecule has 0 radical (unpaired) electrons. The molecule has 0 bridgehead atoms. The van der Waals surface area contributed by atoms with E-state index in [-0.39, 0.29) is 5.91 Å². The minimum absolute atomic E-state index is 0.114. The number of anilines is 1. The van der Waals surface area contributed by atoms with Gasteiger partial charge in [-0.15, -0.1) is 0 Å². The van der Waals surface area contributed by atoms with Crippen molar-refractivity contribution in [3.05, 3.63) is 23.8 Å². The van der Waals surface area contributed by atoms with Crippen LogP contribution >= 0.6 is 0 Å². The van der Waals surface area contributed by atoms with Crippen LogP contribution in [0.5, 0.6) is 5.75 Å². The first kappa shape index (κ1) is 18.3. The third-order valence-corrected chi connectivity index (χ3v) is 4.53. The Morgan fingerprint density at radius 1 is 1.50 bits per heavy atom. The summed E-state index contributed by atoms with van der Waals surface area (Å²) < 4.78 is 11.2. The summed E-state index contributed by atoms with van der Waals surface area (Å²) >= 11 is 0. The average Bonchev–Trinajstić information content (AvgIpc) is 2.59. The van der Waals surface area contributed by atoms with Crippen molar-refractivity contribution in [1.82, 2.24) is 0 Å². The van der Waals surface area contributed by atoms with Gasteiger partial charge in [-0.25, -0.2) is 0 Å². The van der Waals surface area contributed by atoms with E-state index in [0.717, 1.165) is 32.1 Å². The number of ether oxygens (including phenoxy) is 2. The van der Waals surface area contributed by atoms with Crippen molar-refractivity contribution in [2.24, 2.45) is 5.92 Å². The number of amides is 1. The van der Waals surface area contributed by atoms with Gasteiger partial charge in [-0.2, -0.15) is 5.26 Å². The SMILES string of the molecule is CCCO[C@]1(C(=O)Nc2ccc(OC)c(C#N)c2)CCC[C@H](C)C1. The lowest BCUT2D eigenvalue weighted by Gasteiger charge is -2.38. The maximum absolute atomic E-state index is 12.9. The van der Waals surface area contributed by atoms with E-state index in [9.17, 15) is 10.1 Å². The molecular formula is C19H26N2O3. The smallest absolute Gasteiger partial charge is 0.256 e. The van der Waals surface area contributed by atoms with Gasteiger partial charge in [0.25, 0.3) is 5.91 Å². The Morgan fingerprint density at radius 3 is 2.92 bits per heavy atom. The Hall–Kier alpha value is -2.06. The number of methoxy groups -OCH3 is 1. The van der Waals surface area contributed by atoms with Gasteiger partial charge >= 0.3 is 0 Å². The maximum atomic E-state index is 12.9. The molecule has 1 fully saturated rings. The van der Waals surface area contributed by atoms with Crippen LogP contribution < -0.4 is 10.1 Å². The molecule has 0 aromatic heterocycles. The number of nitrogens with zero attached hydrogens (tertiary/aromatic N) is 1. The number of carbonyl (C=O) groups excluding carboxylic acids is 1. The largest absolute Gasteiger partial charge is 0.495 e. The van der Waals surface area contributed by atoms with Crippen LogP contribution in [0.15, 0.2) is 18.2 Å². The fourth-order valence-electron chi connectivity index (χ4n) is 3.32. The minimum atomic E-state index is -0.763. The van der Waals surface area contributed by atoms with Crippen LogP contribution in [-0.2, 0) is 9.53 Å². The van der Waals surface area contributed by atoms with Crippen molar-refractivity contribution in [3.8, 4) is 11.8 Å². The molecule has 0 aliphatic heterocycles. The minimum Gasteiger partial charge on any atom is -0.495 e. The molecule has 1 aromatic rings. The fraction of sp³-hybridized carbons (Fsp3) is 0.579.